The second-order valence-electron chi connectivity index (χ2n) is 7.61. The van der Waals surface area contributed by atoms with Crippen molar-refractivity contribution in [3.63, 3.8) is 0 Å². The number of carbonyl (C=O) groups is 1. The second kappa shape index (κ2) is 6.94. The highest BCUT2D eigenvalue weighted by Crippen LogP contribution is 2.48. The van der Waals surface area contributed by atoms with Crippen molar-refractivity contribution in [2.24, 2.45) is 0 Å². The van der Waals surface area contributed by atoms with Gasteiger partial charge in [-0.2, -0.15) is 0 Å². The zero-order valence-corrected chi connectivity index (χ0v) is 16.2. The molecule has 1 aromatic rings. The third-order valence-electron chi connectivity index (χ3n) is 5.43. The number of hydrogen-bond donors (Lipinski definition) is 1. The summed E-state index contributed by atoms with van der Waals surface area (Å²) in [5.41, 5.74) is 0.574. The molecule has 0 spiro atoms. The molecule has 1 aromatic heterocycles. The highest BCUT2D eigenvalue weighted by Gasteiger charge is 2.49. The number of nitrogens with one attached hydrogen (secondary N) is 1. The van der Waals surface area contributed by atoms with Crippen molar-refractivity contribution in [1.82, 2.24) is 5.16 Å². The van der Waals surface area contributed by atoms with Crippen LogP contribution in [0.5, 0.6) is 0 Å². The lowest BCUT2D eigenvalue weighted by atomic mass is 10.0. The fourth-order valence-corrected chi connectivity index (χ4v) is 5.24. The van der Waals surface area contributed by atoms with Gasteiger partial charge in [-0.1, -0.05) is 5.16 Å². The van der Waals surface area contributed by atoms with Crippen molar-refractivity contribution in [3.05, 3.63) is 11.8 Å². The lowest BCUT2D eigenvalue weighted by Crippen LogP contribution is -2.50. The predicted molar refractivity (Wildman–Crippen MR) is 94.8 cm³/mol. The fraction of sp³-hybridized carbons (Fsp3) is 0.765. The zero-order valence-electron chi connectivity index (χ0n) is 15.4. The number of rotatable bonds is 7. The SMILES string of the molecule is COCC1(c2cc(NC(=O)C(C)(C)S(=O)(=O)C3CCOCC3)on2)CC1. The van der Waals surface area contributed by atoms with E-state index in [9.17, 15) is 13.2 Å². The number of carbonyl (C=O) groups excluding carboxylic acids is 1. The number of amides is 1. The Morgan fingerprint density at radius 3 is 2.62 bits per heavy atom. The Balaban J connectivity index is 1.72. The van der Waals surface area contributed by atoms with Gasteiger partial charge in [0.1, 0.15) is 4.75 Å². The van der Waals surface area contributed by atoms with Crippen LogP contribution in [0.25, 0.3) is 0 Å². The van der Waals surface area contributed by atoms with Gasteiger partial charge < -0.3 is 14.0 Å². The number of methoxy groups -OCH3 is 1. The van der Waals surface area contributed by atoms with Gasteiger partial charge in [-0.25, -0.2) is 8.42 Å². The minimum atomic E-state index is -3.67. The number of aromatic nitrogens is 1. The summed E-state index contributed by atoms with van der Waals surface area (Å²) in [6, 6.07) is 1.65. The maximum absolute atomic E-state index is 12.9. The van der Waals surface area contributed by atoms with Gasteiger partial charge in [-0.3, -0.25) is 10.1 Å². The number of sulfone groups is 1. The fourth-order valence-electron chi connectivity index (χ4n) is 3.28. The minimum absolute atomic E-state index is 0.148. The molecule has 2 heterocycles. The van der Waals surface area contributed by atoms with Crippen LogP contribution >= 0.6 is 0 Å². The van der Waals surface area contributed by atoms with E-state index in [2.05, 4.69) is 10.5 Å². The summed E-state index contributed by atoms with van der Waals surface area (Å²) in [7, 11) is -2.04. The monoisotopic (exact) mass is 386 g/mol. The van der Waals surface area contributed by atoms with Crippen LogP contribution in [0.1, 0.15) is 45.2 Å². The predicted octanol–water partition coefficient (Wildman–Crippen LogP) is 1.66. The molecule has 1 amide bonds. The van der Waals surface area contributed by atoms with E-state index in [0.717, 1.165) is 18.5 Å². The Morgan fingerprint density at radius 1 is 1.38 bits per heavy atom. The highest BCUT2D eigenvalue weighted by atomic mass is 32.2. The van der Waals surface area contributed by atoms with Crippen molar-refractivity contribution in [3.8, 4) is 0 Å². The normalized spacial score (nSPS) is 20.7. The Hall–Kier alpha value is -1.45. The Labute approximate surface area is 153 Å². The van der Waals surface area contributed by atoms with Crippen molar-refractivity contribution >= 4 is 21.6 Å². The molecule has 1 saturated heterocycles. The minimum Gasteiger partial charge on any atom is -0.384 e. The molecule has 1 aliphatic carbocycles. The van der Waals surface area contributed by atoms with Gasteiger partial charge >= 0.3 is 0 Å². The van der Waals surface area contributed by atoms with E-state index in [1.165, 1.54) is 13.8 Å². The summed E-state index contributed by atoms with van der Waals surface area (Å²) < 4.78 is 39.9. The number of nitrogens with zero attached hydrogens (tertiary/aromatic N) is 1. The van der Waals surface area contributed by atoms with Crippen LogP contribution in [0.2, 0.25) is 0 Å². The molecule has 3 rings (SSSR count). The average Bonchev–Trinajstić information content (AvgIpc) is 3.24. The third kappa shape index (κ3) is 3.39. The smallest absolute Gasteiger partial charge is 0.247 e. The van der Waals surface area contributed by atoms with Crippen LogP contribution < -0.4 is 5.32 Å². The van der Waals surface area contributed by atoms with E-state index in [4.69, 9.17) is 14.0 Å². The molecule has 0 unspecified atom stereocenters. The molecular formula is C17H26N2O6S. The molecule has 0 bridgehead atoms. The van der Waals surface area contributed by atoms with Gasteiger partial charge in [0, 0.05) is 31.8 Å². The van der Waals surface area contributed by atoms with Gasteiger partial charge in [-0.05, 0) is 39.5 Å². The molecule has 1 saturated carbocycles. The molecule has 26 heavy (non-hydrogen) atoms. The lowest BCUT2D eigenvalue weighted by molar-refractivity contribution is -0.118. The third-order valence-corrected chi connectivity index (χ3v) is 8.39. The number of hydrogen-bond acceptors (Lipinski definition) is 7. The molecular weight excluding hydrogens is 360 g/mol. The van der Waals surface area contributed by atoms with E-state index < -0.39 is 25.7 Å². The van der Waals surface area contributed by atoms with Crippen molar-refractivity contribution < 1.29 is 27.2 Å². The first-order chi connectivity index (χ1) is 12.2. The number of ether oxygens (including phenoxy) is 2. The van der Waals surface area contributed by atoms with E-state index in [1.54, 1.807) is 13.2 Å². The van der Waals surface area contributed by atoms with E-state index in [1.807, 2.05) is 0 Å². The Morgan fingerprint density at radius 2 is 2.04 bits per heavy atom. The van der Waals surface area contributed by atoms with Crippen LogP contribution in [-0.4, -0.2) is 56.4 Å². The average molecular weight is 386 g/mol. The topological polar surface area (TPSA) is 108 Å². The summed E-state index contributed by atoms with van der Waals surface area (Å²) in [5, 5.41) is 6.02. The van der Waals surface area contributed by atoms with Crippen molar-refractivity contribution in [1.29, 1.82) is 0 Å². The molecule has 9 heteroatoms. The summed E-state index contributed by atoms with van der Waals surface area (Å²) in [4.78, 5) is 12.7. The largest absolute Gasteiger partial charge is 0.384 e. The van der Waals surface area contributed by atoms with Crippen molar-refractivity contribution in [2.45, 2.75) is 54.9 Å². The quantitative estimate of drug-likeness (QED) is 0.759. The first-order valence-electron chi connectivity index (χ1n) is 8.82. The molecule has 0 aromatic carbocycles. The van der Waals surface area contributed by atoms with Crippen LogP contribution in [0.3, 0.4) is 0 Å². The molecule has 1 aliphatic heterocycles. The lowest BCUT2D eigenvalue weighted by Gasteiger charge is -2.30. The first-order valence-corrected chi connectivity index (χ1v) is 10.4. The van der Waals surface area contributed by atoms with E-state index >= 15 is 0 Å². The Kier molecular flexibility index (Phi) is 5.15. The number of anilines is 1. The molecule has 1 N–H and O–H groups in total. The summed E-state index contributed by atoms with van der Waals surface area (Å²) in [6.07, 6.45) is 2.71. The molecule has 8 nitrogen and oxygen atoms in total. The van der Waals surface area contributed by atoms with Crippen LogP contribution in [0, 0.1) is 0 Å². The standard InChI is InChI=1S/C17H26N2O6S/c1-16(2,26(21,22)12-4-8-24-9-5-12)15(20)18-14-10-13(19-25-14)17(6-7-17)11-23-3/h10,12H,4-9,11H2,1-3H3,(H,18,20). The summed E-state index contributed by atoms with van der Waals surface area (Å²) >= 11 is 0. The first kappa shape index (κ1) is 19.3. The molecule has 146 valence electrons. The van der Waals surface area contributed by atoms with Crippen LogP contribution in [-0.2, 0) is 29.5 Å². The summed E-state index contributed by atoms with van der Waals surface area (Å²) in [6.45, 7) is 4.19. The maximum atomic E-state index is 12.9. The molecule has 2 aliphatic rings. The second-order valence-corrected chi connectivity index (χ2v) is 10.4. The van der Waals surface area contributed by atoms with Gasteiger partial charge in [0.2, 0.25) is 11.8 Å². The van der Waals surface area contributed by atoms with Gasteiger partial charge in [0.25, 0.3) is 0 Å². The van der Waals surface area contributed by atoms with Gasteiger partial charge in [0.05, 0.1) is 17.6 Å². The summed E-state index contributed by atoms with van der Waals surface area (Å²) in [5.74, 6) is -0.467. The Bertz CT molecular complexity index is 760. The van der Waals surface area contributed by atoms with E-state index in [0.29, 0.717) is 32.7 Å². The zero-order chi connectivity index (χ0) is 19.0. The highest BCUT2D eigenvalue weighted by molar-refractivity contribution is 7.94. The van der Waals surface area contributed by atoms with Crippen LogP contribution in [0.4, 0.5) is 5.88 Å². The maximum Gasteiger partial charge on any atom is 0.247 e. The van der Waals surface area contributed by atoms with Gasteiger partial charge in [0.15, 0.2) is 9.84 Å². The molecule has 2 fully saturated rings. The van der Waals surface area contributed by atoms with Gasteiger partial charge in [-0.15, -0.1) is 0 Å². The molecule has 0 radical (unpaired) electrons. The van der Waals surface area contributed by atoms with Crippen LogP contribution in [0.15, 0.2) is 10.6 Å². The van der Waals surface area contributed by atoms with Crippen molar-refractivity contribution in [2.75, 3.05) is 32.2 Å². The molecule has 0 atom stereocenters. The van der Waals surface area contributed by atoms with E-state index in [-0.39, 0.29) is 11.3 Å².